The zero-order valence-electron chi connectivity index (χ0n) is 17.0. The van der Waals surface area contributed by atoms with Gasteiger partial charge < -0.3 is 9.80 Å². The van der Waals surface area contributed by atoms with Crippen LogP contribution >= 0.6 is 24.0 Å². The molecular weight excluding hydrogens is 424 g/mol. The summed E-state index contributed by atoms with van der Waals surface area (Å²) in [6.45, 7) is 5.21. The molecule has 0 spiro atoms. The van der Waals surface area contributed by atoms with E-state index in [-0.39, 0.29) is 30.0 Å². The molecular formula is C23H28Cl2FN3O. The van der Waals surface area contributed by atoms with Crippen molar-refractivity contribution >= 4 is 35.6 Å². The van der Waals surface area contributed by atoms with Gasteiger partial charge in [0.15, 0.2) is 0 Å². The summed E-state index contributed by atoms with van der Waals surface area (Å²) < 4.78 is 14.0. The summed E-state index contributed by atoms with van der Waals surface area (Å²) in [7, 11) is 0. The molecule has 1 amide bonds. The number of nitrogens with zero attached hydrogens (tertiary/aromatic N) is 3. The van der Waals surface area contributed by atoms with Crippen LogP contribution in [0.15, 0.2) is 48.5 Å². The summed E-state index contributed by atoms with van der Waals surface area (Å²) in [6, 6.07) is 14.8. The van der Waals surface area contributed by atoms with E-state index in [4.69, 9.17) is 11.6 Å². The number of hydrogen-bond acceptors (Lipinski definition) is 3. The molecule has 0 saturated carbocycles. The molecule has 2 saturated heterocycles. The van der Waals surface area contributed by atoms with Gasteiger partial charge >= 0.3 is 0 Å². The smallest absolute Gasteiger partial charge is 0.227 e. The van der Waals surface area contributed by atoms with E-state index in [0.29, 0.717) is 31.7 Å². The Balaban J connectivity index is 0.00000256. The standard InChI is InChI=1S/C23H27ClFN3O.ClH/c24-20-8-2-4-10-22(20)27-12-14-28(15-13-27)23(29)19-7-5-11-26(17-19)16-18-6-1-3-9-21(18)25;/h1-4,6,8-10,19H,5,7,11-17H2;1H. The number of carbonyl (C=O) groups is 1. The third-order valence-electron chi connectivity index (χ3n) is 5.99. The number of benzene rings is 2. The van der Waals surface area contributed by atoms with E-state index in [2.05, 4.69) is 9.80 Å². The van der Waals surface area contributed by atoms with Gasteiger partial charge in [-0.25, -0.2) is 4.39 Å². The van der Waals surface area contributed by atoms with Crippen LogP contribution in [0.2, 0.25) is 5.02 Å². The van der Waals surface area contributed by atoms with Gasteiger partial charge in [-0.05, 0) is 37.6 Å². The summed E-state index contributed by atoms with van der Waals surface area (Å²) in [4.78, 5) is 19.6. The van der Waals surface area contributed by atoms with Crippen molar-refractivity contribution in [2.75, 3.05) is 44.2 Å². The number of amides is 1. The van der Waals surface area contributed by atoms with Crippen molar-refractivity contribution in [3.8, 4) is 0 Å². The van der Waals surface area contributed by atoms with Crippen LogP contribution in [0.4, 0.5) is 10.1 Å². The number of likely N-dealkylation sites (tertiary alicyclic amines) is 1. The Bertz CT molecular complexity index is 858. The van der Waals surface area contributed by atoms with Crippen LogP contribution in [0.1, 0.15) is 18.4 Å². The Morgan fingerprint density at radius 2 is 1.70 bits per heavy atom. The van der Waals surface area contributed by atoms with Gasteiger partial charge in [-0.15, -0.1) is 12.4 Å². The van der Waals surface area contributed by atoms with Crippen molar-refractivity contribution in [2.45, 2.75) is 19.4 Å². The third kappa shape index (κ3) is 5.26. The molecule has 2 aromatic carbocycles. The lowest BCUT2D eigenvalue weighted by Crippen LogP contribution is -2.52. The molecule has 2 aliphatic heterocycles. The molecule has 0 radical (unpaired) electrons. The molecule has 162 valence electrons. The van der Waals surface area contributed by atoms with E-state index in [1.54, 1.807) is 6.07 Å². The summed E-state index contributed by atoms with van der Waals surface area (Å²) >= 11 is 6.32. The number of para-hydroxylation sites is 1. The monoisotopic (exact) mass is 451 g/mol. The quantitative estimate of drug-likeness (QED) is 0.686. The molecule has 30 heavy (non-hydrogen) atoms. The van der Waals surface area contributed by atoms with Gasteiger partial charge in [-0.1, -0.05) is 41.9 Å². The van der Waals surface area contributed by atoms with Crippen LogP contribution in [0.25, 0.3) is 0 Å². The predicted octanol–water partition coefficient (Wildman–Crippen LogP) is 4.46. The zero-order chi connectivity index (χ0) is 20.2. The second-order valence-electron chi connectivity index (χ2n) is 7.93. The molecule has 2 aromatic rings. The van der Waals surface area contributed by atoms with Crippen molar-refractivity contribution in [1.82, 2.24) is 9.80 Å². The molecule has 2 fully saturated rings. The van der Waals surface area contributed by atoms with Crippen molar-refractivity contribution in [3.05, 3.63) is 64.9 Å². The second kappa shape index (κ2) is 10.5. The molecule has 0 N–H and O–H groups in total. The van der Waals surface area contributed by atoms with Gasteiger partial charge in [0, 0.05) is 44.8 Å². The maximum absolute atomic E-state index is 14.0. The fraction of sp³-hybridized carbons (Fsp3) is 0.435. The summed E-state index contributed by atoms with van der Waals surface area (Å²) in [6.07, 6.45) is 1.89. The van der Waals surface area contributed by atoms with E-state index < -0.39 is 0 Å². The van der Waals surface area contributed by atoms with E-state index in [0.717, 1.165) is 43.2 Å². The highest BCUT2D eigenvalue weighted by atomic mass is 35.5. The van der Waals surface area contributed by atoms with Gasteiger partial charge in [0.2, 0.25) is 5.91 Å². The Labute approximate surface area is 189 Å². The maximum atomic E-state index is 14.0. The molecule has 0 bridgehead atoms. The van der Waals surface area contributed by atoms with Gasteiger partial charge in [0.1, 0.15) is 5.82 Å². The van der Waals surface area contributed by atoms with E-state index >= 15 is 0 Å². The molecule has 1 atom stereocenters. The minimum absolute atomic E-state index is 0. The number of rotatable bonds is 4. The Morgan fingerprint density at radius 3 is 2.43 bits per heavy atom. The number of piperidine rings is 1. The van der Waals surface area contributed by atoms with Crippen molar-refractivity contribution in [1.29, 1.82) is 0 Å². The van der Waals surface area contributed by atoms with E-state index in [1.165, 1.54) is 6.07 Å². The first-order valence-corrected chi connectivity index (χ1v) is 10.7. The lowest BCUT2D eigenvalue weighted by molar-refractivity contribution is -0.137. The zero-order valence-corrected chi connectivity index (χ0v) is 18.5. The fourth-order valence-corrected chi connectivity index (χ4v) is 4.66. The predicted molar refractivity (Wildman–Crippen MR) is 122 cm³/mol. The second-order valence-corrected chi connectivity index (χ2v) is 8.34. The van der Waals surface area contributed by atoms with Crippen LogP contribution < -0.4 is 4.90 Å². The first-order valence-electron chi connectivity index (χ1n) is 10.4. The number of halogens is 3. The largest absolute Gasteiger partial charge is 0.367 e. The summed E-state index contributed by atoms with van der Waals surface area (Å²) in [5.74, 6) is 0.0704. The molecule has 0 aromatic heterocycles. The highest BCUT2D eigenvalue weighted by Gasteiger charge is 2.31. The maximum Gasteiger partial charge on any atom is 0.227 e. The van der Waals surface area contributed by atoms with Crippen LogP contribution in [0.3, 0.4) is 0 Å². The van der Waals surface area contributed by atoms with Crippen LogP contribution in [0, 0.1) is 11.7 Å². The minimum atomic E-state index is -0.170. The lowest BCUT2D eigenvalue weighted by atomic mass is 9.95. The average Bonchev–Trinajstić information content (AvgIpc) is 2.76. The van der Waals surface area contributed by atoms with Gasteiger partial charge in [0.25, 0.3) is 0 Å². The molecule has 2 heterocycles. The number of carbonyl (C=O) groups excluding carboxylic acids is 1. The van der Waals surface area contributed by atoms with Crippen LogP contribution in [-0.4, -0.2) is 55.0 Å². The normalized spacial score (nSPS) is 20.0. The molecule has 0 aliphatic carbocycles. The fourth-order valence-electron chi connectivity index (χ4n) is 4.40. The summed E-state index contributed by atoms with van der Waals surface area (Å²) in [5, 5.41) is 0.753. The molecule has 1 unspecified atom stereocenters. The van der Waals surface area contributed by atoms with Crippen molar-refractivity contribution in [2.24, 2.45) is 5.92 Å². The molecule has 2 aliphatic rings. The van der Waals surface area contributed by atoms with Gasteiger partial charge in [0.05, 0.1) is 16.6 Å². The minimum Gasteiger partial charge on any atom is -0.367 e. The van der Waals surface area contributed by atoms with E-state index in [9.17, 15) is 9.18 Å². The van der Waals surface area contributed by atoms with Gasteiger partial charge in [-0.2, -0.15) is 0 Å². The van der Waals surface area contributed by atoms with Gasteiger partial charge in [-0.3, -0.25) is 9.69 Å². The highest BCUT2D eigenvalue weighted by Crippen LogP contribution is 2.27. The average molecular weight is 452 g/mol. The molecule has 4 nitrogen and oxygen atoms in total. The van der Waals surface area contributed by atoms with Crippen LogP contribution in [0.5, 0.6) is 0 Å². The molecule has 4 rings (SSSR count). The number of piperazine rings is 1. The Kier molecular flexibility index (Phi) is 7.98. The van der Waals surface area contributed by atoms with Crippen molar-refractivity contribution in [3.63, 3.8) is 0 Å². The highest BCUT2D eigenvalue weighted by molar-refractivity contribution is 6.33. The number of hydrogen-bond donors (Lipinski definition) is 0. The van der Waals surface area contributed by atoms with E-state index in [1.807, 2.05) is 41.3 Å². The first-order chi connectivity index (χ1) is 14.1. The van der Waals surface area contributed by atoms with Crippen LogP contribution in [-0.2, 0) is 11.3 Å². The summed E-state index contributed by atoms with van der Waals surface area (Å²) in [5.41, 5.74) is 1.74. The first kappa shape index (κ1) is 22.9. The SMILES string of the molecule is Cl.O=C(C1CCCN(Cc2ccccc2F)C1)N1CCN(c2ccccc2Cl)CC1. The Morgan fingerprint density at radius 1 is 1.00 bits per heavy atom. The Hall–Kier alpha value is -1.82. The van der Waals surface area contributed by atoms with Crippen molar-refractivity contribution < 1.29 is 9.18 Å². The third-order valence-corrected chi connectivity index (χ3v) is 6.31. The number of anilines is 1. The lowest BCUT2D eigenvalue weighted by Gasteiger charge is -2.40. The topological polar surface area (TPSA) is 26.8 Å². The molecule has 7 heteroatoms.